The first-order chi connectivity index (χ1) is 10.5. The highest BCUT2D eigenvalue weighted by atomic mass is 19.4. The molecule has 0 aromatic heterocycles. The van der Waals surface area contributed by atoms with Crippen molar-refractivity contribution in [1.82, 2.24) is 5.32 Å². The van der Waals surface area contributed by atoms with Gasteiger partial charge in [0.2, 0.25) is 0 Å². The Morgan fingerprint density at radius 1 is 1.39 bits per heavy atom. The molecule has 2 N–H and O–H groups in total. The highest BCUT2D eigenvalue weighted by molar-refractivity contribution is 5.98. The number of aliphatic carboxylic acids is 1. The minimum Gasteiger partial charge on any atom is -0.481 e. The lowest BCUT2D eigenvalue weighted by Gasteiger charge is -2.13. The predicted molar refractivity (Wildman–Crippen MR) is 71.9 cm³/mol. The van der Waals surface area contributed by atoms with E-state index in [1.165, 1.54) is 6.92 Å². The number of carbonyl (C=O) groups excluding carboxylic acids is 1. The minimum atomic E-state index is -4.77. The monoisotopic (exact) mass is 334 g/mol. The van der Waals surface area contributed by atoms with Crippen molar-refractivity contribution >= 4 is 17.6 Å². The molecular weight excluding hydrogens is 321 g/mol. The lowest BCUT2D eigenvalue weighted by Crippen LogP contribution is -2.33. The average molecular weight is 334 g/mol. The summed E-state index contributed by atoms with van der Waals surface area (Å²) in [4.78, 5) is 32.2. The van der Waals surface area contributed by atoms with Gasteiger partial charge in [0.15, 0.2) is 0 Å². The number of nitro groups is 1. The number of carboxylic acids is 1. The normalized spacial score (nSPS) is 12.5. The Hall–Kier alpha value is -2.65. The van der Waals surface area contributed by atoms with Crippen molar-refractivity contribution in [3.05, 3.63) is 39.4 Å². The lowest BCUT2D eigenvalue weighted by atomic mass is 10.1. The van der Waals surface area contributed by atoms with Gasteiger partial charge >= 0.3 is 12.1 Å². The Balaban J connectivity index is 3.00. The molecule has 1 rings (SSSR count). The summed E-state index contributed by atoms with van der Waals surface area (Å²) in [6.45, 7) is 1.48. The number of hydrogen-bond acceptors (Lipinski definition) is 4. The van der Waals surface area contributed by atoms with E-state index < -0.39 is 45.8 Å². The highest BCUT2D eigenvalue weighted by Gasteiger charge is 2.34. The van der Waals surface area contributed by atoms with Gasteiger partial charge in [-0.2, -0.15) is 13.2 Å². The van der Waals surface area contributed by atoms with Gasteiger partial charge < -0.3 is 10.4 Å². The van der Waals surface area contributed by atoms with Gasteiger partial charge in [-0.3, -0.25) is 19.7 Å². The molecule has 23 heavy (non-hydrogen) atoms. The van der Waals surface area contributed by atoms with E-state index in [2.05, 4.69) is 5.32 Å². The number of carbonyl (C=O) groups is 2. The number of amides is 1. The molecule has 0 aliphatic carbocycles. The maximum absolute atomic E-state index is 12.6. The molecule has 0 aliphatic rings. The number of nitro benzene ring substituents is 1. The van der Waals surface area contributed by atoms with Crippen LogP contribution < -0.4 is 5.32 Å². The quantitative estimate of drug-likeness (QED) is 0.614. The van der Waals surface area contributed by atoms with E-state index in [4.69, 9.17) is 5.11 Å². The third-order valence-electron chi connectivity index (χ3n) is 2.94. The van der Waals surface area contributed by atoms with Crippen LogP contribution >= 0.6 is 0 Å². The molecule has 0 saturated carbocycles. The standard InChI is InChI=1S/C13H13F3N2O5/c1-7(2-5-11(19)20)17-12(21)9-4-3-8(13(14,15)16)6-10(9)18(22)23/h3-4,6-7H,2,5H2,1H3,(H,17,21)(H,19,20). The molecule has 0 spiro atoms. The van der Waals surface area contributed by atoms with Gasteiger partial charge in [0.05, 0.1) is 10.5 Å². The van der Waals surface area contributed by atoms with E-state index >= 15 is 0 Å². The predicted octanol–water partition coefficient (Wildman–Crippen LogP) is 2.60. The summed E-state index contributed by atoms with van der Waals surface area (Å²) in [7, 11) is 0. The molecule has 10 heteroatoms. The third kappa shape index (κ3) is 5.24. The van der Waals surface area contributed by atoms with Gasteiger partial charge in [-0.15, -0.1) is 0 Å². The SMILES string of the molecule is CC(CCC(=O)O)NC(=O)c1ccc(C(F)(F)F)cc1[N+](=O)[O-]. The Labute approximate surface area is 128 Å². The van der Waals surface area contributed by atoms with Gasteiger partial charge in [0.25, 0.3) is 11.6 Å². The Morgan fingerprint density at radius 3 is 2.48 bits per heavy atom. The molecule has 0 radical (unpaired) electrons. The fraction of sp³-hybridized carbons (Fsp3) is 0.385. The van der Waals surface area contributed by atoms with Gasteiger partial charge in [-0.25, -0.2) is 0 Å². The van der Waals surface area contributed by atoms with Crippen molar-refractivity contribution in [3.63, 3.8) is 0 Å². The van der Waals surface area contributed by atoms with E-state index in [1.54, 1.807) is 0 Å². The molecule has 0 saturated heterocycles. The number of hydrogen-bond donors (Lipinski definition) is 2. The Bertz CT molecular complexity index is 631. The van der Waals surface area contributed by atoms with Crippen LogP contribution in [0.4, 0.5) is 18.9 Å². The van der Waals surface area contributed by atoms with Crippen molar-refractivity contribution in [2.75, 3.05) is 0 Å². The third-order valence-corrected chi connectivity index (χ3v) is 2.94. The van der Waals surface area contributed by atoms with Gasteiger partial charge in [-0.1, -0.05) is 0 Å². The molecule has 1 atom stereocenters. The number of rotatable bonds is 6. The van der Waals surface area contributed by atoms with Crippen LogP contribution in [0.3, 0.4) is 0 Å². The summed E-state index contributed by atoms with van der Waals surface area (Å²) in [6.07, 6.45) is -4.92. The fourth-order valence-corrected chi connectivity index (χ4v) is 1.76. The maximum Gasteiger partial charge on any atom is 0.416 e. The molecule has 1 amide bonds. The molecule has 1 unspecified atom stereocenters. The van der Waals surface area contributed by atoms with Crippen molar-refractivity contribution in [2.45, 2.75) is 32.0 Å². The number of halogens is 3. The first-order valence-corrected chi connectivity index (χ1v) is 6.40. The first kappa shape index (κ1) is 18.4. The zero-order valence-corrected chi connectivity index (χ0v) is 11.9. The van der Waals surface area contributed by atoms with E-state index in [-0.39, 0.29) is 18.9 Å². The van der Waals surface area contributed by atoms with Crippen molar-refractivity contribution in [3.8, 4) is 0 Å². The smallest absolute Gasteiger partial charge is 0.416 e. The van der Waals surface area contributed by atoms with Gasteiger partial charge in [-0.05, 0) is 25.5 Å². The molecule has 7 nitrogen and oxygen atoms in total. The van der Waals surface area contributed by atoms with Crippen LogP contribution in [-0.2, 0) is 11.0 Å². The zero-order valence-electron chi connectivity index (χ0n) is 11.9. The second-order valence-electron chi connectivity index (χ2n) is 4.79. The summed E-state index contributed by atoms with van der Waals surface area (Å²) in [5.41, 5.74) is -2.73. The summed E-state index contributed by atoms with van der Waals surface area (Å²) in [5, 5.41) is 21.7. The lowest BCUT2D eigenvalue weighted by molar-refractivity contribution is -0.385. The molecule has 0 bridgehead atoms. The zero-order chi connectivity index (χ0) is 17.8. The largest absolute Gasteiger partial charge is 0.481 e. The van der Waals surface area contributed by atoms with Crippen LogP contribution in [0.15, 0.2) is 18.2 Å². The summed E-state index contributed by atoms with van der Waals surface area (Å²) < 4.78 is 37.7. The topological polar surface area (TPSA) is 110 Å². The molecule has 1 aromatic rings. The van der Waals surface area contributed by atoms with Crippen LogP contribution in [0.2, 0.25) is 0 Å². The number of nitrogens with zero attached hydrogens (tertiary/aromatic N) is 1. The molecule has 0 heterocycles. The van der Waals surface area contributed by atoms with E-state index in [9.17, 15) is 32.9 Å². The van der Waals surface area contributed by atoms with Crippen molar-refractivity contribution in [2.24, 2.45) is 0 Å². The van der Waals surface area contributed by atoms with E-state index in [1.807, 2.05) is 0 Å². The number of nitrogens with one attached hydrogen (secondary N) is 1. The maximum atomic E-state index is 12.6. The van der Waals surface area contributed by atoms with E-state index in [0.717, 1.165) is 6.07 Å². The number of alkyl halides is 3. The molecular formula is C13H13F3N2O5. The summed E-state index contributed by atoms with van der Waals surface area (Å²) >= 11 is 0. The van der Waals surface area contributed by atoms with Crippen LogP contribution in [0, 0.1) is 10.1 Å². The minimum absolute atomic E-state index is 0.0789. The van der Waals surface area contributed by atoms with Crippen LogP contribution in [0.1, 0.15) is 35.7 Å². The molecule has 126 valence electrons. The van der Waals surface area contributed by atoms with Crippen molar-refractivity contribution in [1.29, 1.82) is 0 Å². The first-order valence-electron chi connectivity index (χ1n) is 6.40. The second-order valence-corrected chi connectivity index (χ2v) is 4.79. The number of carboxylic acid groups (broad SMARTS) is 1. The summed E-state index contributed by atoms with van der Waals surface area (Å²) in [6, 6.07) is 0.974. The van der Waals surface area contributed by atoms with Crippen LogP contribution in [0.5, 0.6) is 0 Å². The van der Waals surface area contributed by atoms with E-state index in [0.29, 0.717) is 6.07 Å². The van der Waals surface area contributed by atoms with Crippen LogP contribution in [0.25, 0.3) is 0 Å². The Morgan fingerprint density at radius 2 is 2.00 bits per heavy atom. The Kier molecular flexibility index (Phi) is 5.66. The molecule has 0 aliphatic heterocycles. The van der Waals surface area contributed by atoms with Gasteiger partial charge in [0.1, 0.15) is 5.56 Å². The fourth-order valence-electron chi connectivity index (χ4n) is 1.76. The average Bonchev–Trinajstić information content (AvgIpc) is 2.43. The van der Waals surface area contributed by atoms with Crippen LogP contribution in [-0.4, -0.2) is 27.9 Å². The van der Waals surface area contributed by atoms with Crippen molar-refractivity contribution < 1.29 is 32.8 Å². The summed E-state index contributed by atoms with van der Waals surface area (Å²) in [5.74, 6) is -2.02. The highest BCUT2D eigenvalue weighted by Crippen LogP contribution is 2.33. The number of benzene rings is 1. The molecule has 0 fully saturated rings. The van der Waals surface area contributed by atoms with Gasteiger partial charge in [0, 0.05) is 18.5 Å². The second kappa shape index (κ2) is 7.07. The molecule has 1 aromatic carbocycles.